The van der Waals surface area contributed by atoms with Crippen LogP contribution in [0.5, 0.6) is 11.5 Å². The Labute approximate surface area is 134 Å². The van der Waals surface area contributed by atoms with Crippen molar-refractivity contribution >= 4 is 11.8 Å². The van der Waals surface area contributed by atoms with Gasteiger partial charge in [-0.25, -0.2) is 0 Å². The molecule has 0 fully saturated rings. The standard InChI is InChI=1S/C16H20N2O3S/c1-10(2)15-17-16(21-18-15)11(3)22-12-5-6-13-14(9-12)20-8-4-7-19-13/h5-6,9-11H,4,7-8H2,1-3H3/t11-/m1/s1. The Balaban J connectivity index is 1.73. The number of thioether (sulfide) groups is 1. The van der Waals surface area contributed by atoms with Gasteiger partial charge in [0.05, 0.1) is 18.5 Å². The van der Waals surface area contributed by atoms with Gasteiger partial charge in [-0.1, -0.05) is 19.0 Å². The predicted molar refractivity (Wildman–Crippen MR) is 84.7 cm³/mol. The highest BCUT2D eigenvalue weighted by Crippen LogP contribution is 2.39. The number of aromatic nitrogens is 2. The van der Waals surface area contributed by atoms with Gasteiger partial charge >= 0.3 is 0 Å². The van der Waals surface area contributed by atoms with Crippen molar-refractivity contribution in [3.63, 3.8) is 0 Å². The first-order valence-corrected chi connectivity index (χ1v) is 8.41. The largest absolute Gasteiger partial charge is 0.490 e. The van der Waals surface area contributed by atoms with Gasteiger partial charge in [0, 0.05) is 17.2 Å². The molecule has 0 unspecified atom stereocenters. The molecule has 0 aliphatic carbocycles. The van der Waals surface area contributed by atoms with Gasteiger partial charge in [0.25, 0.3) is 0 Å². The summed E-state index contributed by atoms with van der Waals surface area (Å²) in [6, 6.07) is 6.01. The smallest absolute Gasteiger partial charge is 0.239 e. The summed E-state index contributed by atoms with van der Waals surface area (Å²) >= 11 is 1.67. The molecule has 118 valence electrons. The summed E-state index contributed by atoms with van der Waals surface area (Å²) in [4.78, 5) is 5.55. The molecule has 0 bridgehead atoms. The van der Waals surface area contributed by atoms with Crippen LogP contribution in [0.25, 0.3) is 0 Å². The van der Waals surface area contributed by atoms with Crippen molar-refractivity contribution in [3.05, 3.63) is 29.9 Å². The van der Waals surface area contributed by atoms with E-state index in [1.807, 2.05) is 18.2 Å². The van der Waals surface area contributed by atoms with E-state index >= 15 is 0 Å². The summed E-state index contributed by atoms with van der Waals surface area (Å²) in [5.41, 5.74) is 0. The summed E-state index contributed by atoms with van der Waals surface area (Å²) in [5.74, 6) is 3.30. The Bertz CT molecular complexity index is 642. The molecule has 1 aromatic carbocycles. The van der Waals surface area contributed by atoms with E-state index in [0.29, 0.717) is 19.1 Å². The number of fused-ring (bicyclic) bond motifs is 1. The van der Waals surface area contributed by atoms with E-state index in [0.717, 1.165) is 28.6 Å². The van der Waals surface area contributed by atoms with E-state index in [1.165, 1.54) is 0 Å². The first-order chi connectivity index (χ1) is 10.6. The fourth-order valence-electron chi connectivity index (χ4n) is 2.12. The lowest BCUT2D eigenvalue weighted by molar-refractivity contribution is 0.297. The first-order valence-electron chi connectivity index (χ1n) is 7.53. The maximum absolute atomic E-state index is 5.72. The molecule has 0 radical (unpaired) electrons. The summed E-state index contributed by atoms with van der Waals surface area (Å²) in [5, 5.41) is 4.10. The number of rotatable bonds is 4. The van der Waals surface area contributed by atoms with E-state index in [1.54, 1.807) is 11.8 Å². The lowest BCUT2D eigenvalue weighted by Gasteiger charge is -2.11. The molecular formula is C16H20N2O3S. The highest BCUT2D eigenvalue weighted by Gasteiger charge is 2.18. The summed E-state index contributed by atoms with van der Waals surface area (Å²) in [6.45, 7) is 7.56. The lowest BCUT2D eigenvalue weighted by atomic mass is 10.2. The Hall–Kier alpha value is -1.69. The molecule has 1 aliphatic rings. The van der Waals surface area contributed by atoms with Crippen LogP contribution in [0.3, 0.4) is 0 Å². The van der Waals surface area contributed by atoms with Crippen LogP contribution >= 0.6 is 11.8 Å². The lowest BCUT2D eigenvalue weighted by Crippen LogP contribution is -1.97. The maximum atomic E-state index is 5.72. The quantitative estimate of drug-likeness (QED) is 0.787. The van der Waals surface area contributed by atoms with Crippen LogP contribution in [0.4, 0.5) is 0 Å². The average molecular weight is 320 g/mol. The van der Waals surface area contributed by atoms with Crippen LogP contribution in [0.15, 0.2) is 27.6 Å². The van der Waals surface area contributed by atoms with Crippen LogP contribution in [0.2, 0.25) is 0 Å². The zero-order valence-electron chi connectivity index (χ0n) is 13.0. The van der Waals surface area contributed by atoms with Crippen LogP contribution < -0.4 is 9.47 Å². The van der Waals surface area contributed by atoms with Crippen molar-refractivity contribution in [2.45, 2.75) is 43.3 Å². The normalized spacial score (nSPS) is 15.6. The summed E-state index contributed by atoms with van der Waals surface area (Å²) in [7, 11) is 0. The number of ether oxygens (including phenoxy) is 2. The minimum atomic E-state index is 0.0877. The Morgan fingerprint density at radius 1 is 1.09 bits per heavy atom. The molecule has 6 heteroatoms. The van der Waals surface area contributed by atoms with E-state index in [9.17, 15) is 0 Å². The molecule has 0 spiro atoms. The number of benzene rings is 1. The minimum absolute atomic E-state index is 0.0877. The van der Waals surface area contributed by atoms with E-state index in [2.05, 4.69) is 30.9 Å². The number of hydrogen-bond acceptors (Lipinski definition) is 6. The Morgan fingerprint density at radius 2 is 1.86 bits per heavy atom. The van der Waals surface area contributed by atoms with Gasteiger partial charge in [-0.05, 0) is 25.1 Å². The molecule has 22 heavy (non-hydrogen) atoms. The van der Waals surface area contributed by atoms with E-state index < -0.39 is 0 Å². The van der Waals surface area contributed by atoms with Gasteiger partial charge in [-0.15, -0.1) is 11.8 Å². The monoisotopic (exact) mass is 320 g/mol. The third-order valence-electron chi connectivity index (χ3n) is 3.35. The SMILES string of the molecule is CC(C)c1noc([C@@H](C)Sc2ccc3c(c2)OCCCO3)n1. The van der Waals surface area contributed by atoms with Crippen LogP contribution in [0, 0.1) is 0 Å². The van der Waals surface area contributed by atoms with Gasteiger partial charge in [-0.3, -0.25) is 0 Å². The van der Waals surface area contributed by atoms with Crippen molar-refractivity contribution in [2.75, 3.05) is 13.2 Å². The third-order valence-corrected chi connectivity index (χ3v) is 4.43. The van der Waals surface area contributed by atoms with Crippen molar-refractivity contribution in [1.29, 1.82) is 0 Å². The third kappa shape index (κ3) is 3.38. The summed E-state index contributed by atoms with van der Waals surface area (Å²) < 4.78 is 16.7. The molecule has 0 saturated heterocycles. The molecule has 2 heterocycles. The molecule has 1 atom stereocenters. The zero-order chi connectivity index (χ0) is 15.5. The first kappa shape index (κ1) is 15.2. The van der Waals surface area contributed by atoms with Crippen molar-refractivity contribution in [2.24, 2.45) is 0 Å². The average Bonchev–Trinajstić information content (AvgIpc) is 2.88. The molecule has 3 rings (SSSR count). The van der Waals surface area contributed by atoms with Gasteiger partial charge in [0.15, 0.2) is 17.3 Å². The van der Waals surface area contributed by atoms with Crippen molar-refractivity contribution < 1.29 is 14.0 Å². The fraction of sp³-hybridized carbons (Fsp3) is 0.500. The highest BCUT2D eigenvalue weighted by molar-refractivity contribution is 7.99. The maximum Gasteiger partial charge on any atom is 0.239 e. The predicted octanol–water partition coefficient (Wildman–Crippen LogP) is 4.21. The zero-order valence-corrected chi connectivity index (χ0v) is 13.9. The molecular weight excluding hydrogens is 300 g/mol. The second-order valence-corrected chi connectivity index (χ2v) is 6.98. The van der Waals surface area contributed by atoms with Gasteiger partial charge in [0.1, 0.15) is 0 Å². The van der Waals surface area contributed by atoms with Crippen molar-refractivity contribution in [1.82, 2.24) is 10.1 Å². The summed E-state index contributed by atoms with van der Waals surface area (Å²) in [6.07, 6.45) is 0.910. The second-order valence-electron chi connectivity index (χ2n) is 5.56. The molecule has 0 amide bonds. The topological polar surface area (TPSA) is 57.4 Å². The van der Waals surface area contributed by atoms with Gasteiger partial charge < -0.3 is 14.0 Å². The van der Waals surface area contributed by atoms with Crippen LogP contribution in [-0.4, -0.2) is 23.4 Å². The minimum Gasteiger partial charge on any atom is -0.490 e. The molecule has 1 aliphatic heterocycles. The van der Waals surface area contributed by atoms with E-state index in [4.69, 9.17) is 14.0 Å². The van der Waals surface area contributed by atoms with Crippen molar-refractivity contribution in [3.8, 4) is 11.5 Å². The van der Waals surface area contributed by atoms with Crippen LogP contribution in [0.1, 0.15) is 50.1 Å². The molecule has 5 nitrogen and oxygen atoms in total. The second kappa shape index (κ2) is 6.60. The fourth-order valence-corrected chi connectivity index (χ4v) is 3.04. The number of hydrogen-bond donors (Lipinski definition) is 0. The van der Waals surface area contributed by atoms with Gasteiger partial charge in [-0.2, -0.15) is 4.98 Å². The Morgan fingerprint density at radius 3 is 2.59 bits per heavy atom. The molecule has 1 aromatic heterocycles. The highest BCUT2D eigenvalue weighted by atomic mass is 32.2. The Kier molecular flexibility index (Phi) is 4.57. The molecule has 2 aromatic rings. The van der Waals surface area contributed by atoms with E-state index in [-0.39, 0.29) is 11.2 Å². The van der Waals surface area contributed by atoms with Crippen LogP contribution in [-0.2, 0) is 0 Å². The number of nitrogens with zero attached hydrogens (tertiary/aromatic N) is 2. The van der Waals surface area contributed by atoms with Gasteiger partial charge in [0.2, 0.25) is 5.89 Å². The molecule has 0 saturated carbocycles. The molecule has 0 N–H and O–H groups in total.